The second kappa shape index (κ2) is 4.76. The van der Waals surface area contributed by atoms with E-state index in [0.717, 1.165) is 34.7 Å². The van der Waals surface area contributed by atoms with Crippen molar-refractivity contribution in [2.24, 2.45) is 0 Å². The fourth-order valence-electron chi connectivity index (χ4n) is 2.49. The maximum atomic E-state index is 5.92. The third-order valence-electron chi connectivity index (χ3n) is 3.45. The van der Waals surface area contributed by atoms with Gasteiger partial charge in [-0.2, -0.15) is 0 Å². The molecule has 0 radical (unpaired) electrons. The normalized spacial score (nSPS) is 16.9. The molecule has 0 amide bonds. The van der Waals surface area contributed by atoms with Crippen LogP contribution < -0.4 is 10.1 Å². The highest BCUT2D eigenvalue weighted by Gasteiger charge is 2.22. The third-order valence-corrected chi connectivity index (χ3v) is 4.36. The molecular weight excluding hydrogens is 270 g/mol. The molecule has 0 fully saturated rings. The summed E-state index contributed by atoms with van der Waals surface area (Å²) in [5.74, 6) is 1.90. The van der Waals surface area contributed by atoms with Crippen LogP contribution >= 0.6 is 11.3 Å². The number of rotatable bonds is 3. The molecule has 4 rings (SSSR count). The predicted octanol–water partition coefficient (Wildman–Crippen LogP) is 3.11. The maximum absolute atomic E-state index is 5.92. The summed E-state index contributed by atoms with van der Waals surface area (Å²) in [7, 11) is 0. The number of thiophene rings is 1. The molecule has 1 unspecified atom stereocenters. The summed E-state index contributed by atoms with van der Waals surface area (Å²) in [5.41, 5.74) is 2.27. The first-order chi connectivity index (χ1) is 9.90. The summed E-state index contributed by atoms with van der Waals surface area (Å²) in [6, 6.07) is 10.2. The van der Waals surface area contributed by atoms with E-state index in [1.54, 1.807) is 17.7 Å². The number of anilines is 1. The summed E-state index contributed by atoms with van der Waals surface area (Å²) in [6.45, 7) is 0.749. The van der Waals surface area contributed by atoms with Crippen molar-refractivity contribution in [2.45, 2.75) is 12.5 Å². The molecule has 0 spiro atoms. The van der Waals surface area contributed by atoms with Crippen molar-refractivity contribution in [3.63, 3.8) is 0 Å². The summed E-state index contributed by atoms with van der Waals surface area (Å²) < 4.78 is 7.02. The lowest BCUT2D eigenvalue weighted by Gasteiger charge is -2.12. The van der Waals surface area contributed by atoms with Gasteiger partial charge in [-0.05, 0) is 23.1 Å². The van der Waals surface area contributed by atoms with Crippen molar-refractivity contribution >= 4 is 27.4 Å². The molecule has 3 heterocycles. The van der Waals surface area contributed by atoms with Crippen LogP contribution in [0.15, 0.2) is 42.0 Å². The van der Waals surface area contributed by atoms with Gasteiger partial charge in [-0.3, -0.25) is 0 Å². The number of para-hydroxylation sites is 1. The Hall–Kier alpha value is -2.14. The van der Waals surface area contributed by atoms with Crippen molar-refractivity contribution < 1.29 is 4.74 Å². The Morgan fingerprint density at radius 3 is 3.15 bits per heavy atom. The Bertz CT molecular complexity index is 730. The number of fused-ring (bicyclic) bond motifs is 2. The smallest absolute Gasteiger partial charge is 0.147 e. The highest BCUT2D eigenvalue weighted by molar-refractivity contribution is 7.17. The van der Waals surface area contributed by atoms with Crippen molar-refractivity contribution in [2.75, 3.05) is 11.9 Å². The fraction of sp³-hybridized carbons (Fsp3) is 0.200. The summed E-state index contributed by atoms with van der Waals surface area (Å²) in [6.07, 6.45) is 2.71. The van der Waals surface area contributed by atoms with Gasteiger partial charge >= 0.3 is 0 Å². The van der Waals surface area contributed by atoms with Crippen LogP contribution in [-0.2, 0) is 6.42 Å². The van der Waals surface area contributed by atoms with Crippen molar-refractivity contribution in [3.05, 3.63) is 47.6 Å². The van der Waals surface area contributed by atoms with Gasteiger partial charge in [0.15, 0.2) is 0 Å². The SMILES string of the molecule is c1ccc2c(c1)CC(CNc1ncnc3ccsc13)O2. The molecule has 0 saturated carbocycles. The predicted molar refractivity (Wildman–Crippen MR) is 80.5 cm³/mol. The number of hydrogen-bond acceptors (Lipinski definition) is 5. The van der Waals surface area contributed by atoms with E-state index >= 15 is 0 Å². The minimum Gasteiger partial charge on any atom is -0.488 e. The van der Waals surface area contributed by atoms with Gasteiger partial charge in [-0.1, -0.05) is 18.2 Å². The second-order valence-electron chi connectivity index (χ2n) is 4.79. The molecule has 1 N–H and O–H groups in total. The van der Waals surface area contributed by atoms with Gasteiger partial charge in [0.25, 0.3) is 0 Å². The van der Waals surface area contributed by atoms with Crippen molar-refractivity contribution in [3.8, 4) is 5.75 Å². The Kier molecular flexibility index (Phi) is 2.77. The van der Waals surface area contributed by atoms with Gasteiger partial charge in [0.2, 0.25) is 0 Å². The molecular formula is C15H13N3OS. The second-order valence-corrected chi connectivity index (χ2v) is 5.71. The van der Waals surface area contributed by atoms with Crippen LogP contribution in [0.5, 0.6) is 5.75 Å². The van der Waals surface area contributed by atoms with E-state index in [1.807, 2.05) is 23.6 Å². The molecule has 0 aliphatic carbocycles. The molecule has 1 aliphatic rings. The third kappa shape index (κ3) is 2.00. The highest BCUT2D eigenvalue weighted by Crippen LogP contribution is 2.29. The van der Waals surface area contributed by atoms with E-state index in [4.69, 9.17) is 4.74 Å². The highest BCUT2D eigenvalue weighted by atomic mass is 32.1. The summed E-state index contributed by atoms with van der Waals surface area (Å²) in [5, 5.41) is 5.42. The molecule has 1 aliphatic heterocycles. The van der Waals surface area contributed by atoms with Crippen molar-refractivity contribution in [1.29, 1.82) is 0 Å². The number of benzene rings is 1. The molecule has 1 aromatic carbocycles. The Balaban J connectivity index is 1.48. The molecule has 100 valence electrons. The Morgan fingerprint density at radius 1 is 1.25 bits per heavy atom. The number of hydrogen-bond donors (Lipinski definition) is 1. The number of nitrogens with zero attached hydrogens (tertiary/aromatic N) is 2. The largest absolute Gasteiger partial charge is 0.488 e. The van der Waals surface area contributed by atoms with Gasteiger partial charge in [0.05, 0.1) is 16.8 Å². The molecule has 0 bridgehead atoms. The van der Waals surface area contributed by atoms with E-state index in [0.29, 0.717) is 0 Å². The van der Waals surface area contributed by atoms with Gasteiger partial charge in [-0.15, -0.1) is 11.3 Å². The van der Waals surface area contributed by atoms with Gasteiger partial charge in [0.1, 0.15) is 24.0 Å². The zero-order chi connectivity index (χ0) is 13.4. The lowest BCUT2D eigenvalue weighted by atomic mass is 10.1. The average Bonchev–Trinajstić information content (AvgIpc) is 3.11. The van der Waals surface area contributed by atoms with E-state index < -0.39 is 0 Å². The van der Waals surface area contributed by atoms with E-state index in [9.17, 15) is 0 Å². The van der Waals surface area contributed by atoms with Crippen LogP contribution in [0.4, 0.5) is 5.82 Å². The lowest BCUT2D eigenvalue weighted by molar-refractivity contribution is 0.246. The van der Waals surface area contributed by atoms with Crippen LogP contribution in [0.3, 0.4) is 0 Å². The first-order valence-corrected chi connectivity index (χ1v) is 7.45. The molecule has 1 atom stereocenters. The Labute approximate surface area is 120 Å². The summed E-state index contributed by atoms with van der Waals surface area (Å²) in [4.78, 5) is 8.56. The fourth-order valence-corrected chi connectivity index (χ4v) is 3.30. The molecule has 5 heteroatoms. The zero-order valence-corrected chi connectivity index (χ0v) is 11.6. The van der Waals surface area contributed by atoms with E-state index in [1.165, 1.54) is 5.56 Å². The number of aromatic nitrogens is 2. The van der Waals surface area contributed by atoms with Crippen LogP contribution in [0, 0.1) is 0 Å². The molecule has 0 saturated heterocycles. The summed E-state index contributed by atoms with van der Waals surface area (Å²) >= 11 is 1.66. The van der Waals surface area contributed by atoms with E-state index in [-0.39, 0.29) is 6.10 Å². The lowest BCUT2D eigenvalue weighted by Crippen LogP contribution is -2.24. The Morgan fingerprint density at radius 2 is 2.20 bits per heavy atom. The average molecular weight is 283 g/mol. The van der Waals surface area contributed by atoms with Crippen LogP contribution in [0.2, 0.25) is 0 Å². The molecule has 3 aromatic rings. The maximum Gasteiger partial charge on any atom is 0.147 e. The molecule has 4 nitrogen and oxygen atoms in total. The number of nitrogens with one attached hydrogen (secondary N) is 1. The number of ether oxygens (including phenoxy) is 1. The van der Waals surface area contributed by atoms with Crippen LogP contribution in [0.25, 0.3) is 10.2 Å². The topological polar surface area (TPSA) is 47.0 Å². The van der Waals surface area contributed by atoms with Crippen LogP contribution in [-0.4, -0.2) is 22.6 Å². The van der Waals surface area contributed by atoms with Crippen LogP contribution in [0.1, 0.15) is 5.56 Å². The molecule has 2 aromatic heterocycles. The van der Waals surface area contributed by atoms with Gasteiger partial charge in [0, 0.05) is 6.42 Å². The van der Waals surface area contributed by atoms with Crippen molar-refractivity contribution in [1.82, 2.24) is 9.97 Å². The first-order valence-electron chi connectivity index (χ1n) is 6.57. The monoisotopic (exact) mass is 283 g/mol. The molecule has 20 heavy (non-hydrogen) atoms. The minimum absolute atomic E-state index is 0.164. The first kappa shape index (κ1) is 11.7. The van der Waals surface area contributed by atoms with Gasteiger partial charge < -0.3 is 10.1 Å². The quantitative estimate of drug-likeness (QED) is 0.802. The zero-order valence-electron chi connectivity index (χ0n) is 10.7. The standard InChI is InChI=1S/C15H13N3OS/c1-2-4-13-10(3-1)7-11(19-13)8-16-15-14-12(5-6-20-14)17-9-18-15/h1-6,9,11H,7-8H2,(H,16,17,18). The van der Waals surface area contributed by atoms with Gasteiger partial charge in [-0.25, -0.2) is 9.97 Å². The minimum atomic E-state index is 0.164. The van der Waals surface area contributed by atoms with E-state index in [2.05, 4.69) is 27.4 Å².